The molecule has 1 aromatic heterocycles. The lowest BCUT2D eigenvalue weighted by Gasteiger charge is -2.04. The Bertz CT molecular complexity index is 966. The lowest BCUT2D eigenvalue weighted by Crippen LogP contribution is -2.11. The molecular weight excluding hydrogens is 336 g/mol. The molecule has 0 aliphatic carbocycles. The first kappa shape index (κ1) is 15.6. The van der Waals surface area contributed by atoms with Crippen LogP contribution in [0.25, 0.3) is 10.2 Å². The molecule has 0 fully saturated rings. The highest BCUT2D eigenvalue weighted by Gasteiger charge is 2.15. The van der Waals surface area contributed by atoms with Gasteiger partial charge in [-0.1, -0.05) is 30.3 Å². The molecule has 3 rings (SSSR count). The Hall–Kier alpha value is -2.29. The van der Waals surface area contributed by atoms with Crippen LogP contribution in [-0.4, -0.2) is 19.4 Å². The molecule has 0 saturated carbocycles. The highest BCUT2D eigenvalue weighted by atomic mass is 32.2. The molecule has 0 aliphatic rings. The molecule has 0 spiro atoms. The molecule has 0 saturated heterocycles. The molecule has 0 bridgehead atoms. The first-order chi connectivity index (χ1) is 10.9. The number of hydrogen-bond acceptors (Lipinski definition) is 6. The van der Waals surface area contributed by atoms with Crippen molar-refractivity contribution in [3.05, 3.63) is 54.1 Å². The van der Waals surface area contributed by atoms with Crippen LogP contribution < -0.4 is 9.88 Å². The van der Waals surface area contributed by atoms with Gasteiger partial charge < -0.3 is 4.74 Å². The Labute approximate surface area is 136 Å². The van der Waals surface area contributed by atoms with Gasteiger partial charge in [-0.15, -0.1) is 11.3 Å². The van der Waals surface area contributed by atoms with Gasteiger partial charge in [0, 0.05) is 6.07 Å². The van der Waals surface area contributed by atoms with Crippen molar-refractivity contribution in [3.8, 4) is 5.75 Å². The zero-order valence-corrected chi connectivity index (χ0v) is 13.4. The number of nitrogens with zero attached hydrogens (tertiary/aromatic N) is 1. The zero-order valence-electron chi connectivity index (χ0n) is 11.8. The highest BCUT2D eigenvalue weighted by molar-refractivity contribution is 7.91. The minimum absolute atomic E-state index is 0.157. The second-order valence-electron chi connectivity index (χ2n) is 4.79. The van der Waals surface area contributed by atoms with E-state index in [4.69, 9.17) is 9.88 Å². The van der Waals surface area contributed by atoms with Crippen LogP contribution in [-0.2, 0) is 21.2 Å². The van der Waals surface area contributed by atoms with E-state index in [1.807, 2.05) is 30.3 Å². The van der Waals surface area contributed by atoms with Crippen molar-refractivity contribution >= 4 is 37.5 Å². The van der Waals surface area contributed by atoms with E-state index in [2.05, 4.69) is 4.98 Å². The van der Waals surface area contributed by atoms with Crippen LogP contribution in [0.2, 0.25) is 0 Å². The molecule has 0 amide bonds. The molecule has 118 valence electrons. The van der Waals surface area contributed by atoms with Gasteiger partial charge in [0.1, 0.15) is 5.75 Å². The Morgan fingerprint density at radius 3 is 2.61 bits per heavy atom. The molecule has 1 heterocycles. The number of sulfonamides is 1. The summed E-state index contributed by atoms with van der Waals surface area (Å²) < 4.78 is 28.3. The molecule has 3 aromatic rings. The summed E-state index contributed by atoms with van der Waals surface area (Å²) in [4.78, 5) is 15.9. The standard InChI is InChI=1S/C15H12N2O4S2/c16-23(19,20)15-17-12-7-6-11(9-13(12)22-15)21-14(18)8-10-4-2-1-3-5-10/h1-7,9H,8H2,(H2,16,19,20). The fraction of sp³-hybridized carbons (Fsp3) is 0.0667. The molecule has 0 unspecified atom stereocenters. The summed E-state index contributed by atoms with van der Waals surface area (Å²) in [5, 5.41) is 5.06. The van der Waals surface area contributed by atoms with Crippen LogP contribution in [0, 0.1) is 0 Å². The van der Waals surface area contributed by atoms with E-state index in [1.165, 1.54) is 0 Å². The van der Waals surface area contributed by atoms with Crippen LogP contribution in [0.3, 0.4) is 0 Å². The third kappa shape index (κ3) is 3.73. The first-order valence-corrected chi connectivity index (χ1v) is 8.96. The molecule has 0 radical (unpaired) electrons. The molecule has 6 nitrogen and oxygen atoms in total. The second kappa shape index (κ2) is 6.07. The van der Waals surface area contributed by atoms with Crippen LogP contribution in [0.4, 0.5) is 0 Å². The van der Waals surface area contributed by atoms with Crippen LogP contribution in [0.15, 0.2) is 52.9 Å². The van der Waals surface area contributed by atoms with Crippen molar-refractivity contribution in [1.29, 1.82) is 0 Å². The third-order valence-electron chi connectivity index (χ3n) is 3.01. The second-order valence-corrected chi connectivity index (χ2v) is 7.56. The minimum atomic E-state index is -3.84. The van der Waals surface area contributed by atoms with Gasteiger partial charge in [-0.3, -0.25) is 4.79 Å². The normalized spacial score (nSPS) is 11.5. The number of ether oxygens (including phenoxy) is 1. The summed E-state index contributed by atoms with van der Waals surface area (Å²) in [6.07, 6.45) is 0.157. The minimum Gasteiger partial charge on any atom is -0.426 e. The van der Waals surface area contributed by atoms with Crippen LogP contribution in [0.1, 0.15) is 5.56 Å². The fourth-order valence-electron chi connectivity index (χ4n) is 2.00. The maximum absolute atomic E-state index is 11.9. The van der Waals surface area contributed by atoms with Gasteiger partial charge in [-0.25, -0.2) is 18.5 Å². The topological polar surface area (TPSA) is 99.4 Å². The molecule has 0 atom stereocenters. The van der Waals surface area contributed by atoms with Crippen molar-refractivity contribution in [2.45, 2.75) is 10.8 Å². The number of aromatic nitrogens is 1. The van der Waals surface area contributed by atoms with Gasteiger partial charge in [0.2, 0.25) is 4.34 Å². The SMILES string of the molecule is NS(=O)(=O)c1nc2ccc(OC(=O)Cc3ccccc3)cc2s1. The lowest BCUT2D eigenvalue weighted by molar-refractivity contribution is -0.133. The monoisotopic (exact) mass is 348 g/mol. The summed E-state index contributed by atoms with van der Waals surface area (Å²) in [6.45, 7) is 0. The van der Waals surface area contributed by atoms with E-state index in [-0.39, 0.29) is 10.8 Å². The number of carbonyl (C=O) groups is 1. The van der Waals surface area contributed by atoms with Crippen molar-refractivity contribution in [2.75, 3.05) is 0 Å². The van der Waals surface area contributed by atoms with Crippen molar-refractivity contribution < 1.29 is 17.9 Å². The average Bonchev–Trinajstić information content (AvgIpc) is 2.91. The molecular formula is C15H12N2O4S2. The summed E-state index contributed by atoms with van der Waals surface area (Å²) >= 11 is 0.934. The molecule has 23 heavy (non-hydrogen) atoms. The predicted octanol–water partition coefficient (Wildman–Crippen LogP) is 2.09. The smallest absolute Gasteiger partial charge is 0.315 e. The number of carbonyl (C=O) groups excluding carboxylic acids is 1. The van der Waals surface area contributed by atoms with Gasteiger partial charge in [0.25, 0.3) is 10.0 Å². The van der Waals surface area contributed by atoms with E-state index in [9.17, 15) is 13.2 Å². The van der Waals surface area contributed by atoms with E-state index in [0.29, 0.717) is 16.0 Å². The quantitative estimate of drug-likeness (QED) is 0.575. The Morgan fingerprint density at radius 1 is 1.17 bits per heavy atom. The summed E-state index contributed by atoms with van der Waals surface area (Å²) in [5.74, 6) is -0.0604. The summed E-state index contributed by atoms with van der Waals surface area (Å²) in [5.41, 5.74) is 1.34. The van der Waals surface area contributed by atoms with Gasteiger partial charge in [0.15, 0.2) is 0 Å². The number of nitrogens with two attached hydrogens (primary N) is 1. The van der Waals surface area contributed by atoms with E-state index in [1.54, 1.807) is 18.2 Å². The molecule has 2 aromatic carbocycles. The number of fused-ring (bicyclic) bond motifs is 1. The first-order valence-electron chi connectivity index (χ1n) is 6.60. The van der Waals surface area contributed by atoms with Gasteiger partial charge in [-0.05, 0) is 17.7 Å². The van der Waals surface area contributed by atoms with E-state index in [0.717, 1.165) is 16.9 Å². The summed E-state index contributed by atoms with van der Waals surface area (Å²) in [6, 6.07) is 14.0. The largest absolute Gasteiger partial charge is 0.426 e. The Balaban J connectivity index is 1.79. The number of thiazole rings is 1. The Kier molecular flexibility index (Phi) is 4.12. The number of hydrogen-bond donors (Lipinski definition) is 1. The summed E-state index contributed by atoms with van der Waals surface area (Å²) in [7, 11) is -3.84. The maximum atomic E-state index is 11.9. The highest BCUT2D eigenvalue weighted by Crippen LogP contribution is 2.28. The Morgan fingerprint density at radius 2 is 1.91 bits per heavy atom. The maximum Gasteiger partial charge on any atom is 0.315 e. The third-order valence-corrected chi connectivity index (χ3v) is 5.34. The van der Waals surface area contributed by atoms with E-state index >= 15 is 0 Å². The van der Waals surface area contributed by atoms with Crippen LogP contribution in [0.5, 0.6) is 5.75 Å². The van der Waals surface area contributed by atoms with Gasteiger partial charge >= 0.3 is 5.97 Å². The van der Waals surface area contributed by atoms with E-state index < -0.39 is 16.0 Å². The molecule has 8 heteroatoms. The fourth-order valence-corrected chi connectivity index (χ4v) is 3.68. The average molecular weight is 348 g/mol. The van der Waals surface area contributed by atoms with Crippen molar-refractivity contribution in [3.63, 3.8) is 0 Å². The number of primary sulfonamides is 1. The zero-order chi connectivity index (χ0) is 16.4. The van der Waals surface area contributed by atoms with Crippen molar-refractivity contribution in [1.82, 2.24) is 4.98 Å². The molecule has 0 aliphatic heterocycles. The number of rotatable bonds is 4. The predicted molar refractivity (Wildman–Crippen MR) is 86.8 cm³/mol. The number of benzene rings is 2. The van der Waals surface area contributed by atoms with Crippen molar-refractivity contribution in [2.24, 2.45) is 5.14 Å². The van der Waals surface area contributed by atoms with Gasteiger partial charge in [-0.2, -0.15) is 0 Å². The van der Waals surface area contributed by atoms with Gasteiger partial charge in [0.05, 0.1) is 16.6 Å². The number of esters is 1. The molecule has 2 N–H and O–H groups in total. The lowest BCUT2D eigenvalue weighted by atomic mass is 10.2. The van der Waals surface area contributed by atoms with Crippen LogP contribution >= 0.6 is 11.3 Å².